The quantitative estimate of drug-likeness (QED) is 0.424. The van der Waals surface area contributed by atoms with E-state index in [0.29, 0.717) is 40.6 Å². The predicted octanol–water partition coefficient (Wildman–Crippen LogP) is 5.37. The molecule has 0 unspecified atom stereocenters. The fourth-order valence-electron chi connectivity index (χ4n) is 2.84. The lowest BCUT2D eigenvalue weighted by Crippen LogP contribution is -2.09. The van der Waals surface area contributed by atoms with E-state index in [0.717, 1.165) is 30.5 Å². The molecule has 0 saturated carbocycles. The summed E-state index contributed by atoms with van der Waals surface area (Å²) < 4.78 is 13.5. The summed E-state index contributed by atoms with van der Waals surface area (Å²) in [6.45, 7) is 6.19. The third-order valence-electron chi connectivity index (χ3n) is 4.45. The van der Waals surface area contributed by atoms with Crippen molar-refractivity contribution in [3.05, 3.63) is 57.6 Å². The standard InChI is InChI=1S/C21H25Cl2N5O2/c1-3-5-11-28-21(25-26-27-28)24-13-15-9-10-19(20(12-15)29-4-2)30-14-16-17(22)7-6-8-18(16)23/h6-10,12H,3-5,11,13-14H2,1-2H3,(H,24,25,27). The van der Waals surface area contributed by atoms with E-state index in [2.05, 4.69) is 27.8 Å². The zero-order chi connectivity index (χ0) is 21.3. The molecule has 1 aromatic heterocycles. The van der Waals surface area contributed by atoms with Crippen LogP contribution in [0.2, 0.25) is 10.0 Å². The molecular weight excluding hydrogens is 425 g/mol. The van der Waals surface area contributed by atoms with Gasteiger partial charge in [0.2, 0.25) is 5.95 Å². The summed E-state index contributed by atoms with van der Waals surface area (Å²) in [4.78, 5) is 0. The van der Waals surface area contributed by atoms with Crippen LogP contribution in [0.5, 0.6) is 11.5 Å². The SMILES string of the molecule is CCCCn1nnnc1NCc1ccc(OCc2c(Cl)cccc2Cl)c(OCC)c1. The first-order valence-electron chi connectivity index (χ1n) is 9.93. The van der Waals surface area contributed by atoms with Crippen LogP contribution in [0.3, 0.4) is 0 Å². The third kappa shape index (κ3) is 5.77. The Morgan fingerprint density at radius 2 is 1.83 bits per heavy atom. The van der Waals surface area contributed by atoms with Gasteiger partial charge in [-0.1, -0.05) is 53.8 Å². The highest BCUT2D eigenvalue weighted by Crippen LogP contribution is 2.32. The predicted molar refractivity (Wildman–Crippen MR) is 118 cm³/mol. The van der Waals surface area contributed by atoms with Crippen LogP contribution in [0.25, 0.3) is 0 Å². The van der Waals surface area contributed by atoms with Gasteiger partial charge >= 0.3 is 0 Å². The van der Waals surface area contributed by atoms with Crippen molar-refractivity contribution in [2.75, 3.05) is 11.9 Å². The zero-order valence-electron chi connectivity index (χ0n) is 17.1. The molecule has 0 fully saturated rings. The topological polar surface area (TPSA) is 74.1 Å². The summed E-state index contributed by atoms with van der Waals surface area (Å²) in [5, 5.41) is 16.2. The van der Waals surface area contributed by atoms with Crippen molar-refractivity contribution in [3.8, 4) is 11.5 Å². The molecule has 0 atom stereocenters. The first-order chi connectivity index (χ1) is 14.6. The van der Waals surface area contributed by atoms with Crippen molar-refractivity contribution in [2.24, 2.45) is 0 Å². The molecule has 160 valence electrons. The number of halogens is 2. The summed E-state index contributed by atoms with van der Waals surface area (Å²) in [6, 6.07) is 11.2. The molecule has 0 bridgehead atoms. The Hall–Kier alpha value is -2.51. The monoisotopic (exact) mass is 449 g/mol. The average Bonchev–Trinajstić information content (AvgIpc) is 3.19. The number of nitrogens with zero attached hydrogens (tertiary/aromatic N) is 4. The minimum Gasteiger partial charge on any atom is -0.490 e. The molecule has 0 saturated heterocycles. The zero-order valence-corrected chi connectivity index (χ0v) is 18.6. The number of hydrogen-bond acceptors (Lipinski definition) is 6. The van der Waals surface area contributed by atoms with Crippen LogP contribution in [0.1, 0.15) is 37.8 Å². The van der Waals surface area contributed by atoms with Gasteiger partial charge in [0.05, 0.1) is 6.61 Å². The molecule has 1 heterocycles. The molecule has 7 nitrogen and oxygen atoms in total. The Bertz CT molecular complexity index is 944. The smallest absolute Gasteiger partial charge is 0.243 e. The highest BCUT2D eigenvalue weighted by molar-refractivity contribution is 6.35. The van der Waals surface area contributed by atoms with Gasteiger partial charge in [0.25, 0.3) is 0 Å². The lowest BCUT2D eigenvalue weighted by Gasteiger charge is -2.15. The molecule has 0 aliphatic heterocycles. The summed E-state index contributed by atoms with van der Waals surface area (Å²) in [6.07, 6.45) is 2.10. The van der Waals surface area contributed by atoms with Gasteiger partial charge in [-0.15, -0.1) is 0 Å². The highest BCUT2D eigenvalue weighted by atomic mass is 35.5. The van der Waals surface area contributed by atoms with E-state index in [1.807, 2.05) is 25.1 Å². The summed E-state index contributed by atoms with van der Waals surface area (Å²) in [5.41, 5.74) is 1.76. The number of rotatable bonds is 11. The van der Waals surface area contributed by atoms with E-state index in [4.69, 9.17) is 32.7 Å². The highest BCUT2D eigenvalue weighted by Gasteiger charge is 2.11. The van der Waals surface area contributed by atoms with E-state index in [-0.39, 0.29) is 6.61 Å². The summed E-state index contributed by atoms with van der Waals surface area (Å²) >= 11 is 12.5. The lowest BCUT2D eigenvalue weighted by atomic mass is 10.2. The largest absolute Gasteiger partial charge is 0.490 e. The van der Waals surface area contributed by atoms with Gasteiger partial charge in [0.15, 0.2) is 11.5 Å². The fraction of sp³-hybridized carbons (Fsp3) is 0.381. The Kier molecular flexibility index (Phi) is 8.16. The van der Waals surface area contributed by atoms with E-state index < -0.39 is 0 Å². The number of nitrogens with one attached hydrogen (secondary N) is 1. The second-order valence-electron chi connectivity index (χ2n) is 6.64. The first kappa shape index (κ1) is 22.2. The number of unbranched alkanes of at least 4 members (excludes halogenated alkanes) is 1. The van der Waals surface area contributed by atoms with E-state index in [1.165, 1.54) is 0 Å². The average molecular weight is 450 g/mol. The van der Waals surface area contributed by atoms with Crippen molar-refractivity contribution in [3.63, 3.8) is 0 Å². The number of aromatic nitrogens is 4. The molecule has 0 spiro atoms. The van der Waals surface area contributed by atoms with Crippen molar-refractivity contribution in [2.45, 2.75) is 46.4 Å². The minimum atomic E-state index is 0.252. The molecule has 1 N–H and O–H groups in total. The number of anilines is 1. The van der Waals surface area contributed by atoms with Gasteiger partial charge in [-0.05, 0) is 53.6 Å². The van der Waals surface area contributed by atoms with Gasteiger partial charge in [0, 0.05) is 28.7 Å². The van der Waals surface area contributed by atoms with E-state index in [1.54, 1.807) is 22.9 Å². The van der Waals surface area contributed by atoms with Crippen LogP contribution in [-0.4, -0.2) is 26.8 Å². The maximum atomic E-state index is 6.23. The van der Waals surface area contributed by atoms with Crippen LogP contribution in [0.15, 0.2) is 36.4 Å². The molecule has 0 amide bonds. The maximum Gasteiger partial charge on any atom is 0.243 e. The van der Waals surface area contributed by atoms with Crippen molar-refractivity contribution in [1.82, 2.24) is 20.2 Å². The lowest BCUT2D eigenvalue weighted by molar-refractivity contribution is 0.269. The van der Waals surface area contributed by atoms with Crippen LogP contribution in [-0.2, 0) is 19.7 Å². The molecule has 0 radical (unpaired) electrons. The van der Waals surface area contributed by atoms with Gasteiger partial charge in [-0.3, -0.25) is 0 Å². The molecule has 0 aliphatic carbocycles. The van der Waals surface area contributed by atoms with Crippen molar-refractivity contribution in [1.29, 1.82) is 0 Å². The Labute approximate surface area is 186 Å². The molecule has 3 rings (SSSR count). The summed E-state index contributed by atoms with van der Waals surface area (Å²) in [5.74, 6) is 1.94. The van der Waals surface area contributed by atoms with Crippen LogP contribution in [0.4, 0.5) is 5.95 Å². The molecule has 3 aromatic rings. The Morgan fingerprint density at radius 1 is 1.03 bits per heavy atom. The number of tetrazole rings is 1. The Balaban J connectivity index is 1.68. The third-order valence-corrected chi connectivity index (χ3v) is 5.16. The maximum absolute atomic E-state index is 6.23. The van der Waals surface area contributed by atoms with Gasteiger partial charge in [0.1, 0.15) is 6.61 Å². The molecule has 30 heavy (non-hydrogen) atoms. The van der Waals surface area contributed by atoms with E-state index >= 15 is 0 Å². The normalized spacial score (nSPS) is 10.8. The Morgan fingerprint density at radius 3 is 2.57 bits per heavy atom. The van der Waals surface area contributed by atoms with E-state index in [9.17, 15) is 0 Å². The van der Waals surface area contributed by atoms with Gasteiger partial charge < -0.3 is 14.8 Å². The minimum absolute atomic E-state index is 0.252. The molecule has 2 aromatic carbocycles. The first-order valence-corrected chi connectivity index (χ1v) is 10.7. The number of benzene rings is 2. The van der Waals surface area contributed by atoms with Crippen LogP contribution >= 0.6 is 23.2 Å². The number of ether oxygens (including phenoxy) is 2. The summed E-state index contributed by atoms with van der Waals surface area (Å²) in [7, 11) is 0. The molecule has 9 heteroatoms. The number of hydrogen-bond donors (Lipinski definition) is 1. The molecular formula is C21H25Cl2N5O2. The van der Waals surface area contributed by atoms with Crippen molar-refractivity contribution >= 4 is 29.2 Å². The second-order valence-corrected chi connectivity index (χ2v) is 7.45. The van der Waals surface area contributed by atoms with Gasteiger partial charge in [-0.25, -0.2) is 4.68 Å². The second kappa shape index (κ2) is 11.0. The van der Waals surface area contributed by atoms with Crippen LogP contribution < -0.4 is 14.8 Å². The number of aryl methyl sites for hydroxylation is 1. The molecule has 0 aliphatic rings. The van der Waals surface area contributed by atoms with Crippen LogP contribution in [0, 0.1) is 0 Å². The van der Waals surface area contributed by atoms with Gasteiger partial charge in [-0.2, -0.15) is 0 Å². The van der Waals surface area contributed by atoms with Crippen molar-refractivity contribution < 1.29 is 9.47 Å². The fourth-order valence-corrected chi connectivity index (χ4v) is 3.35.